The molecule has 0 spiro atoms. The average Bonchev–Trinajstić information content (AvgIpc) is 3.26. The van der Waals surface area contributed by atoms with E-state index in [9.17, 15) is 0 Å². The summed E-state index contributed by atoms with van der Waals surface area (Å²) < 4.78 is 0. The van der Waals surface area contributed by atoms with E-state index in [2.05, 4.69) is 95.6 Å². The van der Waals surface area contributed by atoms with E-state index >= 15 is 0 Å². The van der Waals surface area contributed by atoms with E-state index < -0.39 is 0 Å². The van der Waals surface area contributed by atoms with Gasteiger partial charge < -0.3 is 0 Å². The maximum absolute atomic E-state index is 2.70. The number of likely N-dealkylation sites (tertiary alicyclic amines) is 1. The molecule has 3 heteroatoms. The Kier molecular flexibility index (Phi) is 3.61. The van der Waals surface area contributed by atoms with Crippen LogP contribution in [-0.4, -0.2) is 29.2 Å². The molecule has 2 aromatic carbocycles. The second kappa shape index (κ2) is 5.88. The van der Waals surface area contributed by atoms with Gasteiger partial charge in [-0.15, -0.1) is 0 Å². The Hall–Kier alpha value is -2.26. The number of hydrazine groups is 1. The highest BCUT2D eigenvalue weighted by molar-refractivity contribution is 5.61. The molecule has 2 aromatic rings. The lowest BCUT2D eigenvalue weighted by Crippen LogP contribution is -2.51. The van der Waals surface area contributed by atoms with E-state index in [0.29, 0.717) is 12.2 Å². The molecule has 0 saturated carbocycles. The standard InChI is InChI=1S/C23H27N3/c1-23(2)21-20-13-7-6-10-18(20)14-17-25(21)26(19-11-4-3-5-12-19)22(23)24-15-8-9-16-24/h3-7,10-14,17,21-22H,8-9,15-16H2,1-2H3/t21-,22-/m1/s1. The smallest absolute Gasteiger partial charge is 0.110 e. The summed E-state index contributed by atoms with van der Waals surface area (Å²) in [6.45, 7) is 7.30. The van der Waals surface area contributed by atoms with E-state index in [1.54, 1.807) is 0 Å². The highest BCUT2D eigenvalue weighted by atomic mass is 15.7. The van der Waals surface area contributed by atoms with Gasteiger partial charge in [-0.25, -0.2) is 0 Å². The highest BCUT2D eigenvalue weighted by Crippen LogP contribution is 2.55. The first kappa shape index (κ1) is 16.0. The van der Waals surface area contributed by atoms with Crippen molar-refractivity contribution in [3.63, 3.8) is 0 Å². The Morgan fingerprint density at radius 3 is 2.35 bits per heavy atom. The number of rotatable bonds is 2. The minimum absolute atomic E-state index is 0.112. The Bertz CT molecular complexity index is 820. The molecule has 0 unspecified atom stereocenters. The molecule has 26 heavy (non-hydrogen) atoms. The summed E-state index contributed by atoms with van der Waals surface area (Å²) in [4.78, 5) is 2.70. The highest BCUT2D eigenvalue weighted by Gasteiger charge is 2.56. The normalized spacial score (nSPS) is 26.8. The first-order valence-electron chi connectivity index (χ1n) is 9.81. The van der Waals surface area contributed by atoms with Crippen molar-refractivity contribution in [1.82, 2.24) is 9.91 Å². The van der Waals surface area contributed by atoms with Crippen molar-refractivity contribution >= 4 is 11.8 Å². The molecule has 3 aliphatic heterocycles. The molecule has 2 atom stereocenters. The summed E-state index contributed by atoms with van der Waals surface area (Å²) in [6, 6.07) is 20.1. The quantitative estimate of drug-likeness (QED) is 0.767. The van der Waals surface area contributed by atoms with Gasteiger partial charge in [0.15, 0.2) is 0 Å². The van der Waals surface area contributed by atoms with Crippen molar-refractivity contribution in [3.8, 4) is 0 Å². The minimum atomic E-state index is 0.112. The Morgan fingerprint density at radius 2 is 1.58 bits per heavy atom. The fourth-order valence-corrected chi connectivity index (χ4v) is 5.28. The van der Waals surface area contributed by atoms with Crippen LogP contribution in [0.4, 0.5) is 5.69 Å². The lowest BCUT2D eigenvalue weighted by Gasteiger charge is -2.40. The summed E-state index contributed by atoms with van der Waals surface area (Å²) >= 11 is 0. The molecule has 3 aliphatic rings. The summed E-state index contributed by atoms with van der Waals surface area (Å²) in [6.07, 6.45) is 7.55. The maximum atomic E-state index is 2.70. The van der Waals surface area contributed by atoms with Crippen LogP contribution < -0.4 is 5.01 Å². The van der Waals surface area contributed by atoms with Crippen LogP contribution in [0, 0.1) is 5.41 Å². The van der Waals surface area contributed by atoms with E-state index in [-0.39, 0.29) is 5.41 Å². The van der Waals surface area contributed by atoms with Crippen LogP contribution in [0.2, 0.25) is 0 Å². The molecule has 3 nitrogen and oxygen atoms in total. The van der Waals surface area contributed by atoms with Crippen molar-refractivity contribution in [2.75, 3.05) is 18.1 Å². The van der Waals surface area contributed by atoms with Crippen LogP contribution in [0.15, 0.2) is 60.8 Å². The number of fused-ring (bicyclic) bond motifs is 3. The first-order valence-corrected chi connectivity index (χ1v) is 9.81. The molecule has 0 bridgehead atoms. The van der Waals surface area contributed by atoms with Gasteiger partial charge in [0.25, 0.3) is 0 Å². The second-order valence-corrected chi connectivity index (χ2v) is 8.35. The third kappa shape index (κ3) is 2.23. The zero-order valence-electron chi connectivity index (χ0n) is 15.7. The largest absolute Gasteiger partial charge is 0.283 e. The Labute approximate surface area is 156 Å². The van der Waals surface area contributed by atoms with E-state index in [0.717, 1.165) is 0 Å². The number of nitrogens with zero attached hydrogens (tertiary/aromatic N) is 3. The monoisotopic (exact) mass is 345 g/mol. The van der Waals surface area contributed by atoms with Crippen molar-refractivity contribution < 1.29 is 0 Å². The Balaban J connectivity index is 1.68. The summed E-state index contributed by atoms with van der Waals surface area (Å²) in [5.74, 6) is 0. The SMILES string of the molecule is CC1(C)[C@H](N2CCCC2)N(c2ccccc2)N2C=Cc3ccccc3[C@@H]21. The molecule has 2 saturated heterocycles. The van der Waals surface area contributed by atoms with Crippen LogP contribution in [0.25, 0.3) is 6.08 Å². The molecule has 2 fully saturated rings. The van der Waals surface area contributed by atoms with Gasteiger partial charge in [-0.05, 0) is 42.2 Å². The zero-order chi connectivity index (χ0) is 17.7. The van der Waals surface area contributed by atoms with Crippen molar-refractivity contribution in [2.24, 2.45) is 5.41 Å². The van der Waals surface area contributed by atoms with Gasteiger partial charge in [0, 0.05) is 24.7 Å². The molecular weight excluding hydrogens is 318 g/mol. The molecule has 0 aliphatic carbocycles. The minimum Gasteiger partial charge on any atom is -0.283 e. The molecule has 0 amide bonds. The van der Waals surface area contributed by atoms with Gasteiger partial charge in [-0.2, -0.15) is 0 Å². The number of benzene rings is 2. The number of hydrogen-bond acceptors (Lipinski definition) is 3. The van der Waals surface area contributed by atoms with Crippen molar-refractivity contribution in [3.05, 3.63) is 71.9 Å². The first-order chi connectivity index (χ1) is 12.7. The molecule has 3 heterocycles. The van der Waals surface area contributed by atoms with Crippen LogP contribution in [0.1, 0.15) is 43.9 Å². The van der Waals surface area contributed by atoms with Crippen LogP contribution in [0.5, 0.6) is 0 Å². The van der Waals surface area contributed by atoms with Gasteiger partial charge in [0.1, 0.15) is 6.17 Å². The zero-order valence-corrected chi connectivity index (χ0v) is 15.7. The van der Waals surface area contributed by atoms with E-state index in [1.807, 2.05) is 0 Å². The van der Waals surface area contributed by atoms with Gasteiger partial charge in [-0.3, -0.25) is 14.9 Å². The summed E-state index contributed by atoms with van der Waals surface area (Å²) in [5.41, 5.74) is 4.20. The summed E-state index contributed by atoms with van der Waals surface area (Å²) in [5, 5.41) is 5.03. The lowest BCUT2D eigenvalue weighted by atomic mass is 9.76. The Morgan fingerprint density at radius 1 is 0.885 bits per heavy atom. The van der Waals surface area contributed by atoms with Crippen LogP contribution in [-0.2, 0) is 0 Å². The third-order valence-corrected chi connectivity index (χ3v) is 6.32. The topological polar surface area (TPSA) is 9.72 Å². The average molecular weight is 345 g/mol. The van der Waals surface area contributed by atoms with E-state index in [4.69, 9.17) is 0 Å². The fourth-order valence-electron chi connectivity index (χ4n) is 5.28. The van der Waals surface area contributed by atoms with Gasteiger partial charge >= 0.3 is 0 Å². The molecular formula is C23H27N3. The molecule has 0 aromatic heterocycles. The fraction of sp³-hybridized carbons (Fsp3) is 0.391. The third-order valence-electron chi connectivity index (χ3n) is 6.32. The van der Waals surface area contributed by atoms with Crippen LogP contribution >= 0.6 is 0 Å². The molecule has 0 radical (unpaired) electrons. The maximum Gasteiger partial charge on any atom is 0.110 e. The number of anilines is 1. The van der Waals surface area contributed by atoms with Crippen molar-refractivity contribution in [1.29, 1.82) is 0 Å². The van der Waals surface area contributed by atoms with Gasteiger partial charge in [-0.1, -0.05) is 56.3 Å². The predicted molar refractivity (Wildman–Crippen MR) is 107 cm³/mol. The number of hydrogen-bond donors (Lipinski definition) is 0. The van der Waals surface area contributed by atoms with Gasteiger partial charge in [0.2, 0.25) is 0 Å². The molecule has 0 N–H and O–H groups in total. The van der Waals surface area contributed by atoms with Crippen LogP contribution in [0.3, 0.4) is 0 Å². The van der Waals surface area contributed by atoms with Crippen molar-refractivity contribution in [2.45, 2.75) is 38.9 Å². The number of para-hydroxylation sites is 1. The lowest BCUT2D eigenvalue weighted by molar-refractivity contribution is 0.127. The predicted octanol–water partition coefficient (Wildman–Crippen LogP) is 4.90. The van der Waals surface area contributed by atoms with Gasteiger partial charge in [0.05, 0.1) is 11.7 Å². The summed E-state index contributed by atoms with van der Waals surface area (Å²) in [7, 11) is 0. The molecule has 134 valence electrons. The van der Waals surface area contributed by atoms with E-state index in [1.165, 1.54) is 42.7 Å². The molecule has 5 rings (SSSR count). The second-order valence-electron chi connectivity index (χ2n) is 8.35.